The first-order chi connectivity index (χ1) is 13.1. The number of amides is 2. The molecule has 0 aliphatic carbocycles. The molecule has 1 fully saturated rings. The summed E-state index contributed by atoms with van der Waals surface area (Å²) in [4.78, 5) is 37.8. The minimum absolute atomic E-state index is 0.143. The first kappa shape index (κ1) is 18.9. The van der Waals surface area contributed by atoms with Crippen LogP contribution in [0.15, 0.2) is 42.1 Å². The Morgan fingerprint density at radius 2 is 2.07 bits per heavy atom. The zero-order chi connectivity index (χ0) is 19.2. The van der Waals surface area contributed by atoms with Gasteiger partial charge in [-0.25, -0.2) is 9.59 Å². The summed E-state index contributed by atoms with van der Waals surface area (Å²) < 4.78 is 15.6. The second-order valence-electron chi connectivity index (χ2n) is 6.20. The van der Waals surface area contributed by atoms with Crippen LogP contribution in [0.3, 0.4) is 0 Å². The topological polar surface area (TPSA) is 94.2 Å². The molecule has 2 amide bonds. The number of ether oxygens (including phenoxy) is 3. The molecule has 0 saturated carbocycles. The van der Waals surface area contributed by atoms with Gasteiger partial charge in [-0.05, 0) is 25.3 Å². The lowest BCUT2D eigenvalue weighted by molar-refractivity contribution is -0.159. The summed E-state index contributed by atoms with van der Waals surface area (Å²) in [5.74, 6) is -0.965. The van der Waals surface area contributed by atoms with Crippen LogP contribution in [0.2, 0.25) is 0 Å². The molecule has 8 nitrogen and oxygen atoms in total. The number of nitrogens with zero attached hydrogens (tertiary/aromatic N) is 1. The van der Waals surface area contributed by atoms with Crippen LogP contribution in [0, 0.1) is 0 Å². The number of hydrogen-bond acceptors (Lipinski definition) is 6. The third-order valence-corrected chi connectivity index (χ3v) is 4.33. The SMILES string of the molecule is CCO[C@@H]1OC(=O)C=C1NC(=O)[C@H]1CCCN1C(=O)OCc1ccccc1. The van der Waals surface area contributed by atoms with Crippen LogP contribution in [0.5, 0.6) is 0 Å². The molecule has 0 radical (unpaired) electrons. The van der Waals surface area contributed by atoms with Gasteiger partial charge in [0.25, 0.3) is 0 Å². The summed E-state index contributed by atoms with van der Waals surface area (Å²) in [6.45, 7) is 2.67. The van der Waals surface area contributed by atoms with Crippen LogP contribution in [0.25, 0.3) is 0 Å². The van der Waals surface area contributed by atoms with E-state index in [1.165, 1.54) is 11.0 Å². The number of nitrogens with one attached hydrogen (secondary N) is 1. The summed E-state index contributed by atoms with van der Waals surface area (Å²) in [5, 5.41) is 2.65. The van der Waals surface area contributed by atoms with Crippen molar-refractivity contribution in [3.05, 3.63) is 47.7 Å². The highest BCUT2D eigenvalue weighted by Gasteiger charge is 2.37. The van der Waals surface area contributed by atoms with Gasteiger partial charge >= 0.3 is 12.1 Å². The molecule has 1 aromatic rings. The summed E-state index contributed by atoms with van der Waals surface area (Å²) in [5.41, 5.74) is 1.12. The fourth-order valence-corrected chi connectivity index (χ4v) is 3.05. The first-order valence-electron chi connectivity index (χ1n) is 8.90. The molecule has 2 atom stereocenters. The van der Waals surface area contributed by atoms with Crippen molar-refractivity contribution in [3.8, 4) is 0 Å². The van der Waals surface area contributed by atoms with Crippen molar-refractivity contribution >= 4 is 18.0 Å². The molecule has 8 heteroatoms. The molecule has 2 aliphatic rings. The molecule has 144 valence electrons. The van der Waals surface area contributed by atoms with Crippen LogP contribution in [-0.4, -0.2) is 48.4 Å². The summed E-state index contributed by atoms with van der Waals surface area (Å²) in [6, 6.07) is 8.67. The Kier molecular flexibility index (Phi) is 6.08. The molecule has 3 rings (SSSR count). The fourth-order valence-electron chi connectivity index (χ4n) is 3.05. The van der Waals surface area contributed by atoms with E-state index in [9.17, 15) is 14.4 Å². The van der Waals surface area contributed by atoms with Gasteiger partial charge < -0.3 is 19.5 Å². The van der Waals surface area contributed by atoms with Gasteiger partial charge in [0, 0.05) is 19.2 Å². The van der Waals surface area contributed by atoms with Crippen LogP contribution >= 0.6 is 0 Å². The monoisotopic (exact) mass is 374 g/mol. The second-order valence-corrected chi connectivity index (χ2v) is 6.20. The van der Waals surface area contributed by atoms with Crippen molar-refractivity contribution in [1.82, 2.24) is 10.2 Å². The molecule has 2 aliphatic heterocycles. The third-order valence-electron chi connectivity index (χ3n) is 4.33. The van der Waals surface area contributed by atoms with E-state index in [0.29, 0.717) is 26.0 Å². The van der Waals surface area contributed by atoms with E-state index in [2.05, 4.69) is 5.32 Å². The van der Waals surface area contributed by atoms with Crippen LogP contribution in [0.1, 0.15) is 25.3 Å². The maximum absolute atomic E-state index is 12.6. The first-order valence-corrected chi connectivity index (χ1v) is 8.90. The highest BCUT2D eigenvalue weighted by molar-refractivity contribution is 5.91. The van der Waals surface area contributed by atoms with Crippen LogP contribution in [-0.2, 0) is 30.4 Å². The molecule has 1 saturated heterocycles. The zero-order valence-corrected chi connectivity index (χ0v) is 15.1. The number of benzene rings is 1. The molecule has 0 aromatic heterocycles. The standard InChI is InChI=1S/C19H22N2O6/c1-2-25-18-14(11-16(22)27-18)20-17(23)15-9-6-10-21(15)19(24)26-12-13-7-4-3-5-8-13/h3-5,7-8,11,15,18H,2,6,9-10,12H2,1H3,(H,20,23)/t15-,18-/m1/s1. The molecule has 0 unspecified atom stereocenters. The summed E-state index contributed by atoms with van der Waals surface area (Å²) in [7, 11) is 0. The molecule has 27 heavy (non-hydrogen) atoms. The van der Waals surface area contributed by atoms with Crippen LogP contribution in [0.4, 0.5) is 4.79 Å². The average molecular weight is 374 g/mol. The van der Waals surface area contributed by atoms with E-state index >= 15 is 0 Å². The minimum Gasteiger partial charge on any atom is -0.445 e. The Morgan fingerprint density at radius 1 is 1.30 bits per heavy atom. The van der Waals surface area contributed by atoms with E-state index in [1.807, 2.05) is 30.3 Å². The molecular formula is C19H22N2O6. The number of hydrogen-bond donors (Lipinski definition) is 1. The largest absolute Gasteiger partial charge is 0.445 e. The Labute approximate surface area is 157 Å². The second kappa shape index (κ2) is 8.68. The summed E-state index contributed by atoms with van der Waals surface area (Å²) in [6.07, 6.45) is 0.942. The van der Waals surface area contributed by atoms with Gasteiger partial charge in [0.15, 0.2) is 0 Å². The smallest absolute Gasteiger partial charge is 0.410 e. The zero-order valence-electron chi connectivity index (χ0n) is 15.1. The number of likely N-dealkylation sites (tertiary alicyclic amines) is 1. The van der Waals surface area contributed by atoms with E-state index < -0.39 is 30.3 Å². The van der Waals surface area contributed by atoms with Gasteiger partial charge in [-0.1, -0.05) is 30.3 Å². The maximum Gasteiger partial charge on any atom is 0.410 e. The Bertz CT molecular complexity index is 733. The van der Waals surface area contributed by atoms with Crippen molar-refractivity contribution in [2.75, 3.05) is 13.2 Å². The molecule has 2 heterocycles. The minimum atomic E-state index is -0.925. The highest BCUT2D eigenvalue weighted by atomic mass is 16.7. The summed E-state index contributed by atoms with van der Waals surface area (Å²) >= 11 is 0. The van der Waals surface area contributed by atoms with E-state index in [4.69, 9.17) is 14.2 Å². The van der Waals surface area contributed by atoms with E-state index in [0.717, 1.165) is 5.56 Å². The number of carbonyl (C=O) groups is 3. The van der Waals surface area contributed by atoms with Gasteiger partial charge in [0.2, 0.25) is 12.2 Å². The third kappa shape index (κ3) is 4.65. The van der Waals surface area contributed by atoms with Crippen molar-refractivity contribution in [3.63, 3.8) is 0 Å². The van der Waals surface area contributed by atoms with E-state index in [-0.39, 0.29) is 12.3 Å². The predicted molar refractivity (Wildman–Crippen MR) is 94.1 cm³/mol. The molecule has 0 bridgehead atoms. The lowest BCUT2D eigenvalue weighted by Gasteiger charge is -2.24. The van der Waals surface area contributed by atoms with Crippen molar-refractivity contribution in [2.24, 2.45) is 0 Å². The van der Waals surface area contributed by atoms with Gasteiger partial charge in [0.1, 0.15) is 12.6 Å². The van der Waals surface area contributed by atoms with Gasteiger partial charge in [0.05, 0.1) is 5.70 Å². The maximum atomic E-state index is 12.6. The predicted octanol–water partition coefficient (Wildman–Crippen LogP) is 1.71. The van der Waals surface area contributed by atoms with Crippen molar-refractivity contribution in [1.29, 1.82) is 0 Å². The number of esters is 1. The van der Waals surface area contributed by atoms with Gasteiger partial charge in [-0.15, -0.1) is 0 Å². The number of rotatable bonds is 6. The molecule has 1 aromatic carbocycles. The fraction of sp³-hybridized carbons (Fsp3) is 0.421. The molecule has 0 spiro atoms. The Hall–Kier alpha value is -2.87. The lowest BCUT2D eigenvalue weighted by atomic mass is 10.2. The van der Waals surface area contributed by atoms with Crippen molar-refractivity contribution < 1.29 is 28.6 Å². The Balaban J connectivity index is 1.58. The van der Waals surface area contributed by atoms with Gasteiger partial charge in [-0.2, -0.15) is 0 Å². The van der Waals surface area contributed by atoms with E-state index in [1.54, 1.807) is 6.92 Å². The Morgan fingerprint density at radius 3 is 2.81 bits per heavy atom. The molecule has 1 N–H and O–H groups in total. The quantitative estimate of drug-likeness (QED) is 0.762. The van der Waals surface area contributed by atoms with Gasteiger partial charge in [-0.3, -0.25) is 9.69 Å². The number of cyclic esters (lactones) is 1. The average Bonchev–Trinajstić information content (AvgIpc) is 3.28. The lowest BCUT2D eigenvalue weighted by Crippen LogP contribution is -2.46. The normalized spacial score (nSPS) is 21.6. The van der Waals surface area contributed by atoms with Crippen LogP contribution < -0.4 is 5.32 Å². The number of carbonyl (C=O) groups excluding carboxylic acids is 3. The molecular weight excluding hydrogens is 352 g/mol. The highest BCUT2D eigenvalue weighted by Crippen LogP contribution is 2.21. The van der Waals surface area contributed by atoms with Crippen molar-refractivity contribution in [2.45, 2.75) is 38.7 Å².